The highest BCUT2D eigenvalue weighted by Gasteiger charge is 2.28. The molecule has 0 radical (unpaired) electrons. The maximum absolute atomic E-state index is 2.44. The van der Waals surface area contributed by atoms with Crippen molar-refractivity contribution in [1.29, 1.82) is 0 Å². The number of fused-ring (bicyclic) bond motifs is 13. The first-order chi connectivity index (χ1) is 25.8. The Hall–Kier alpha value is -4.68. The molecule has 0 aliphatic heterocycles. The molecule has 6 aromatic carbocycles. The van der Waals surface area contributed by atoms with Gasteiger partial charge in [-0.15, -0.1) is 0 Å². The van der Waals surface area contributed by atoms with Gasteiger partial charge in [-0.3, -0.25) is 0 Å². The zero-order valence-corrected chi connectivity index (χ0v) is 34.4. The molecule has 10 rings (SSSR count). The van der Waals surface area contributed by atoms with E-state index in [-0.39, 0.29) is 0 Å². The average molecular weight is 689 g/mol. The molecule has 0 N–H and O–H groups in total. The van der Waals surface area contributed by atoms with Gasteiger partial charge in [0.15, 0.2) is 0 Å². The molecule has 4 aliphatic rings. The Balaban J connectivity index is 0.000000219. The Kier molecular flexibility index (Phi) is 16.8. The minimum Gasteiger partial charge on any atom is -0.0683 e. The normalized spacial score (nSPS) is 11.2. The van der Waals surface area contributed by atoms with Gasteiger partial charge < -0.3 is 0 Å². The van der Waals surface area contributed by atoms with Crippen LogP contribution in [-0.4, -0.2) is 0 Å². The second-order valence-corrected chi connectivity index (χ2v) is 11.6. The van der Waals surface area contributed by atoms with E-state index < -0.39 is 0 Å². The van der Waals surface area contributed by atoms with Gasteiger partial charge in [-0.05, 0) is 121 Å². The van der Waals surface area contributed by atoms with Crippen molar-refractivity contribution >= 4 is 0 Å². The maximum atomic E-state index is 2.44. The number of benzene rings is 6. The van der Waals surface area contributed by atoms with E-state index in [2.05, 4.69) is 121 Å². The van der Waals surface area contributed by atoms with E-state index in [0.717, 1.165) is 25.7 Å². The lowest BCUT2D eigenvalue weighted by atomic mass is 9.94. The van der Waals surface area contributed by atoms with Gasteiger partial charge in [0.1, 0.15) is 0 Å². The lowest BCUT2D eigenvalue weighted by Gasteiger charge is -2.10. The van der Waals surface area contributed by atoms with Crippen molar-refractivity contribution in [3.05, 3.63) is 166 Å². The fourth-order valence-electron chi connectivity index (χ4n) is 7.62. The summed E-state index contributed by atoms with van der Waals surface area (Å²) in [5, 5.41) is 0. The second-order valence-electron chi connectivity index (χ2n) is 11.6. The van der Waals surface area contributed by atoms with Crippen LogP contribution in [0.5, 0.6) is 0 Å². The van der Waals surface area contributed by atoms with Gasteiger partial charge in [-0.2, -0.15) is 0 Å². The number of hydrogen-bond donors (Lipinski definition) is 0. The van der Waals surface area contributed by atoms with Crippen molar-refractivity contribution < 1.29 is 0 Å². The zero-order chi connectivity index (χ0) is 38.2. The zero-order valence-electron chi connectivity index (χ0n) is 34.4. The molecular weight excluding hydrogens is 625 g/mol. The van der Waals surface area contributed by atoms with Crippen molar-refractivity contribution in [3.63, 3.8) is 0 Å². The molecule has 0 atom stereocenters. The van der Waals surface area contributed by atoms with Gasteiger partial charge in [0.05, 0.1) is 0 Å². The average Bonchev–Trinajstić information content (AvgIpc) is 4.01. The number of rotatable bonds is 0. The Morgan fingerprint density at radius 3 is 0.846 bits per heavy atom. The minimum absolute atomic E-state index is 1.08. The third-order valence-electron chi connectivity index (χ3n) is 9.42. The van der Waals surface area contributed by atoms with Crippen molar-refractivity contribution in [2.45, 2.75) is 109 Å². The van der Waals surface area contributed by atoms with Crippen LogP contribution in [0.1, 0.15) is 128 Å². The van der Waals surface area contributed by atoms with E-state index in [4.69, 9.17) is 0 Å². The van der Waals surface area contributed by atoms with E-state index in [1.165, 1.54) is 89.0 Å². The van der Waals surface area contributed by atoms with Crippen LogP contribution in [0, 0.1) is 0 Å². The van der Waals surface area contributed by atoms with Crippen LogP contribution in [0.25, 0.3) is 44.5 Å². The first-order valence-electron chi connectivity index (χ1n) is 20.5. The first kappa shape index (κ1) is 41.7. The van der Waals surface area contributed by atoms with Crippen LogP contribution in [0.2, 0.25) is 0 Å². The summed E-state index contributed by atoms with van der Waals surface area (Å²) in [4.78, 5) is 0. The van der Waals surface area contributed by atoms with E-state index in [1.54, 1.807) is 0 Å². The van der Waals surface area contributed by atoms with Crippen molar-refractivity contribution in [1.82, 2.24) is 0 Å². The quantitative estimate of drug-likeness (QED) is 0.149. The summed E-state index contributed by atoms with van der Waals surface area (Å²) in [5.74, 6) is 0. The summed E-state index contributed by atoms with van der Waals surface area (Å²) in [6, 6.07) is 44.9. The van der Waals surface area contributed by atoms with E-state index in [1.807, 2.05) is 83.1 Å². The highest BCUT2D eigenvalue weighted by molar-refractivity contribution is 5.95. The Labute approximate surface area is 318 Å². The van der Waals surface area contributed by atoms with Gasteiger partial charge in [0.25, 0.3) is 0 Å². The predicted molar refractivity (Wildman–Crippen MR) is 234 cm³/mol. The van der Waals surface area contributed by atoms with Crippen LogP contribution in [0.4, 0.5) is 0 Å². The molecule has 4 aliphatic carbocycles. The van der Waals surface area contributed by atoms with Gasteiger partial charge in [0, 0.05) is 0 Å². The molecular formula is C52H64. The van der Waals surface area contributed by atoms with Crippen LogP contribution in [0.3, 0.4) is 0 Å². The van der Waals surface area contributed by atoms with E-state index in [9.17, 15) is 0 Å². The summed E-state index contributed by atoms with van der Waals surface area (Å²) in [6.45, 7) is 24.0. The Morgan fingerprint density at radius 2 is 0.500 bits per heavy atom. The molecule has 0 bridgehead atoms. The highest BCUT2D eigenvalue weighted by atomic mass is 14.3. The molecule has 0 saturated heterocycles. The van der Waals surface area contributed by atoms with Crippen molar-refractivity contribution in [3.8, 4) is 44.5 Å². The lowest BCUT2D eigenvalue weighted by molar-refractivity contribution is 1.21. The molecule has 0 aromatic heterocycles. The fourth-order valence-corrected chi connectivity index (χ4v) is 7.62. The Bertz CT molecular complexity index is 1860. The molecule has 0 heteroatoms. The minimum atomic E-state index is 1.08. The third kappa shape index (κ3) is 8.18. The molecule has 0 amide bonds. The lowest BCUT2D eigenvalue weighted by Crippen LogP contribution is -1.86. The van der Waals surface area contributed by atoms with Crippen LogP contribution in [-0.2, 0) is 25.7 Å². The highest BCUT2D eigenvalue weighted by Crippen LogP contribution is 2.49. The maximum Gasteiger partial charge on any atom is -0.00132 e. The molecule has 0 heterocycles. The Morgan fingerprint density at radius 1 is 0.231 bits per heavy atom. The standard InChI is InChI=1S/2C20H14.6C2H6/c1-3-7-17-13(5-1)9-15-11-16-10-14-6-2-4-8-18(14)20(16)12-19(15)17;1-3-7-17-13(5-1)11-15-9-10-16-12-14-6-2-4-8-18(14)20(16)19(15)17;6*1-2/h1-8,11-12H,9-10H2;1-10H,11-12H2;6*1-2H3. The number of hydrogen-bond acceptors (Lipinski definition) is 0. The fraction of sp³-hybridized carbons (Fsp3) is 0.308. The van der Waals surface area contributed by atoms with Gasteiger partial charge in [0.2, 0.25) is 0 Å². The molecule has 272 valence electrons. The smallest absolute Gasteiger partial charge is 0.00132 e. The topological polar surface area (TPSA) is 0 Å². The summed E-state index contributed by atoms with van der Waals surface area (Å²) in [5.41, 5.74) is 23.5. The SMILES string of the molecule is CC.CC.CC.CC.CC.CC.c1ccc2c(c1)Cc1cc3c(cc1-2)-c1ccccc1C3.c1ccc2c(c1)Cc1ccc3c(c1-2)-c1ccccc1C3. The predicted octanol–water partition coefficient (Wildman–Crippen LogP) is 15.8. The third-order valence-corrected chi connectivity index (χ3v) is 9.42. The summed E-state index contributed by atoms with van der Waals surface area (Å²) >= 11 is 0. The largest absolute Gasteiger partial charge is 0.0683 e. The van der Waals surface area contributed by atoms with Crippen LogP contribution >= 0.6 is 0 Å². The van der Waals surface area contributed by atoms with Crippen molar-refractivity contribution in [2.24, 2.45) is 0 Å². The molecule has 0 spiro atoms. The van der Waals surface area contributed by atoms with Gasteiger partial charge in [-0.1, -0.05) is 198 Å². The molecule has 0 unspecified atom stereocenters. The van der Waals surface area contributed by atoms with Gasteiger partial charge in [-0.25, -0.2) is 0 Å². The summed E-state index contributed by atoms with van der Waals surface area (Å²) in [6.07, 6.45) is 4.35. The van der Waals surface area contributed by atoms with Gasteiger partial charge >= 0.3 is 0 Å². The molecule has 0 saturated carbocycles. The molecule has 0 nitrogen and oxygen atoms in total. The van der Waals surface area contributed by atoms with E-state index >= 15 is 0 Å². The van der Waals surface area contributed by atoms with Crippen molar-refractivity contribution in [2.75, 3.05) is 0 Å². The molecule has 6 aromatic rings. The van der Waals surface area contributed by atoms with Crippen LogP contribution < -0.4 is 0 Å². The summed E-state index contributed by atoms with van der Waals surface area (Å²) in [7, 11) is 0. The summed E-state index contributed by atoms with van der Waals surface area (Å²) < 4.78 is 0. The first-order valence-corrected chi connectivity index (χ1v) is 20.5. The second kappa shape index (κ2) is 21.0. The molecule has 52 heavy (non-hydrogen) atoms. The monoisotopic (exact) mass is 689 g/mol. The van der Waals surface area contributed by atoms with E-state index in [0.29, 0.717) is 0 Å². The van der Waals surface area contributed by atoms with Crippen LogP contribution in [0.15, 0.2) is 121 Å². The molecule has 0 fully saturated rings.